The van der Waals surface area contributed by atoms with Gasteiger partial charge in [0.1, 0.15) is 0 Å². The molecule has 0 saturated heterocycles. The number of fused-ring (bicyclic) bond motifs is 6. The summed E-state index contributed by atoms with van der Waals surface area (Å²) in [5, 5.41) is 4.38. The van der Waals surface area contributed by atoms with Gasteiger partial charge >= 0.3 is 0 Å². The van der Waals surface area contributed by atoms with Crippen LogP contribution in [0, 0.1) is 0 Å². The van der Waals surface area contributed by atoms with E-state index in [1.807, 2.05) is 24.5 Å². The average molecular weight is 587 g/mol. The summed E-state index contributed by atoms with van der Waals surface area (Å²) in [5.74, 6) is 0. The van der Waals surface area contributed by atoms with E-state index in [9.17, 15) is 0 Å². The van der Waals surface area contributed by atoms with E-state index in [4.69, 9.17) is 9.97 Å². The molecule has 4 aromatic heterocycles. The van der Waals surface area contributed by atoms with Crippen LogP contribution in [-0.2, 0) is 0 Å². The highest BCUT2D eigenvalue weighted by Gasteiger charge is 2.11. The van der Waals surface area contributed by atoms with Crippen molar-refractivity contribution in [3.8, 4) is 44.8 Å². The first-order chi connectivity index (χ1) is 22.8. The van der Waals surface area contributed by atoms with E-state index in [2.05, 4.69) is 143 Å². The zero-order valence-corrected chi connectivity index (χ0v) is 24.8. The molecule has 214 valence electrons. The summed E-state index contributed by atoms with van der Waals surface area (Å²) in [6.45, 7) is 0. The second kappa shape index (κ2) is 10.7. The summed E-state index contributed by atoms with van der Waals surface area (Å²) in [7, 11) is 0. The maximum Gasteiger partial charge on any atom is 0.0972 e. The van der Waals surface area contributed by atoms with Crippen molar-refractivity contribution in [3.05, 3.63) is 158 Å². The van der Waals surface area contributed by atoms with Crippen LogP contribution in [0.15, 0.2) is 158 Å². The largest absolute Gasteiger partial charge is 0.254 e. The van der Waals surface area contributed by atoms with E-state index in [1.165, 1.54) is 11.1 Å². The first kappa shape index (κ1) is 26.2. The topological polar surface area (TPSA) is 51.6 Å². The molecule has 4 heterocycles. The average Bonchev–Trinajstić information content (AvgIpc) is 3.14. The standard InChI is InChI=1S/C42H26N4/c1-2-8-36(28-11-15-30(16-12-28)38-24-22-34-20-18-32-6-4-26-44-40(32)42(34)46-38)35(7-1)27-9-13-29(14-10-27)37-23-21-33-19-17-31-5-3-25-43-39(31)41(33)45-37/h1-26H. The molecule has 9 rings (SSSR count). The molecule has 9 aromatic rings. The third-order valence-corrected chi connectivity index (χ3v) is 8.77. The predicted octanol–water partition coefficient (Wildman–Crippen LogP) is 10.5. The normalized spacial score (nSPS) is 11.5. The van der Waals surface area contributed by atoms with Crippen LogP contribution < -0.4 is 0 Å². The monoisotopic (exact) mass is 586 g/mol. The molecule has 0 fully saturated rings. The first-order valence-corrected chi connectivity index (χ1v) is 15.4. The molecule has 0 amide bonds. The summed E-state index contributed by atoms with van der Waals surface area (Å²) >= 11 is 0. The molecule has 4 heteroatoms. The van der Waals surface area contributed by atoms with Crippen LogP contribution in [0.5, 0.6) is 0 Å². The highest BCUT2D eigenvalue weighted by Crippen LogP contribution is 2.35. The van der Waals surface area contributed by atoms with Crippen molar-refractivity contribution in [1.82, 2.24) is 19.9 Å². The molecule has 46 heavy (non-hydrogen) atoms. The van der Waals surface area contributed by atoms with Gasteiger partial charge in [-0.3, -0.25) is 9.97 Å². The van der Waals surface area contributed by atoms with Crippen LogP contribution in [0.1, 0.15) is 0 Å². The molecular weight excluding hydrogens is 560 g/mol. The molecule has 0 spiro atoms. The lowest BCUT2D eigenvalue weighted by atomic mass is 9.93. The van der Waals surface area contributed by atoms with Crippen LogP contribution in [0.2, 0.25) is 0 Å². The van der Waals surface area contributed by atoms with Gasteiger partial charge in [0, 0.05) is 45.1 Å². The third kappa shape index (κ3) is 4.47. The number of nitrogens with zero attached hydrogens (tertiary/aromatic N) is 4. The Labute approximate surface area is 265 Å². The Bertz CT molecular complexity index is 2390. The molecule has 0 aliphatic heterocycles. The van der Waals surface area contributed by atoms with Gasteiger partial charge in [-0.1, -0.05) is 121 Å². The number of hydrogen-bond donors (Lipinski definition) is 0. The van der Waals surface area contributed by atoms with Gasteiger partial charge in [-0.25, -0.2) is 9.97 Å². The van der Waals surface area contributed by atoms with Crippen molar-refractivity contribution < 1.29 is 0 Å². The number of hydrogen-bond acceptors (Lipinski definition) is 4. The molecule has 0 N–H and O–H groups in total. The van der Waals surface area contributed by atoms with Crippen molar-refractivity contribution in [3.63, 3.8) is 0 Å². The molecule has 5 aromatic carbocycles. The third-order valence-electron chi connectivity index (χ3n) is 8.77. The molecular formula is C42H26N4. The lowest BCUT2D eigenvalue weighted by molar-refractivity contribution is 1.37. The zero-order chi connectivity index (χ0) is 30.5. The van der Waals surface area contributed by atoms with E-state index in [-0.39, 0.29) is 0 Å². The Morgan fingerprint density at radius 3 is 1.09 bits per heavy atom. The second-order valence-electron chi connectivity index (χ2n) is 11.5. The van der Waals surface area contributed by atoms with Crippen molar-refractivity contribution in [2.75, 3.05) is 0 Å². The van der Waals surface area contributed by atoms with Gasteiger partial charge in [-0.2, -0.15) is 0 Å². The Balaban J connectivity index is 1.04. The quantitative estimate of drug-likeness (QED) is 0.193. The van der Waals surface area contributed by atoms with Gasteiger partial charge in [0.05, 0.1) is 33.5 Å². The number of aromatic nitrogens is 4. The van der Waals surface area contributed by atoms with Crippen LogP contribution >= 0.6 is 0 Å². The minimum absolute atomic E-state index is 0.928. The van der Waals surface area contributed by atoms with Gasteiger partial charge in [0.25, 0.3) is 0 Å². The van der Waals surface area contributed by atoms with E-state index < -0.39 is 0 Å². The molecule has 0 unspecified atom stereocenters. The summed E-state index contributed by atoms with van der Waals surface area (Å²) in [6.07, 6.45) is 3.66. The van der Waals surface area contributed by atoms with Crippen molar-refractivity contribution in [2.24, 2.45) is 0 Å². The van der Waals surface area contributed by atoms with Crippen LogP contribution in [0.3, 0.4) is 0 Å². The van der Waals surface area contributed by atoms with Gasteiger partial charge in [0.15, 0.2) is 0 Å². The van der Waals surface area contributed by atoms with Crippen LogP contribution in [0.25, 0.3) is 88.4 Å². The lowest BCUT2D eigenvalue weighted by Gasteiger charge is -2.12. The van der Waals surface area contributed by atoms with E-state index in [0.717, 1.165) is 77.3 Å². The van der Waals surface area contributed by atoms with Gasteiger partial charge in [-0.05, 0) is 46.5 Å². The number of rotatable bonds is 4. The second-order valence-corrected chi connectivity index (χ2v) is 11.5. The SMILES string of the molecule is c1ccc(-c2ccc(-c3ccc4ccc5cccnc5c4n3)cc2)c(-c2ccc(-c3ccc4ccc5cccnc5c4n3)cc2)c1. The van der Waals surface area contributed by atoms with Crippen LogP contribution in [0.4, 0.5) is 0 Å². The Morgan fingerprint density at radius 2 is 0.652 bits per heavy atom. The molecule has 0 bridgehead atoms. The summed E-state index contributed by atoms with van der Waals surface area (Å²) in [5.41, 5.74) is 12.4. The molecule has 0 radical (unpaired) electrons. The minimum atomic E-state index is 0.928. The highest BCUT2D eigenvalue weighted by atomic mass is 14.8. The van der Waals surface area contributed by atoms with Crippen molar-refractivity contribution >= 4 is 43.6 Å². The molecule has 0 atom stereocenters. The minimum Gasteiger partial charge on any atom is -0.254 e. The maximum atomic E-state index is 5.03. The van der Waals surface area contributed by atoms with Crippen LogP contribution in [-0.4, -0.2) is 19.9 Å². The Hall–Kier alpha value is -6.26. The van der Waals surface area contributed by atoms with E-state index >= 15 is 0 Å². The van der Waals surface area contributed by atoms with Gasteiger partial charge in [-0.15, -0.1) is 0 Å². The van der Waals surface area contributed by atoms with Gasteiger partial charge < -0.3 is 0 Å². The Kier molecular flexibility index (Phi) is 6.10. The van der Waals surface area contributed by atoms with E-state index in [0.29, 0.717) is 0 Å². The summed E-state index contributed by atoms with van der Waals surface area (Å²) in [4.78, 5) is 19.3. The summed E-state index contributed by atoms with van der Waals surface area (Å²) < 4.78 is 0. The maximum absolute atomic E-state index is 5.03. The van der Waals surface area contributed by atoms with E-state index in [1.54, 1.807) is 0 Å². The first-order valence-electron chi connectivity index (χ1n) is 15.4. The van der Waals surface area contributed by atoms with Crippen molar-refractivity contribution in [1.29, 1.82) is 0 Å². The molecule has 0 saturated carbocycles. The zero-order valence-electron chi connectivity index (χ0n) is 24.8. The molecule has 0 aliphatic carbocycles. The fourth-order valence-electron chi connectivity index (χ4n) is 6.40. The lowest BCUT2D eigenvalue weighted by Crippen LogP contribution is -1.90. The molecule has 4 nitrogen and oxygen atoms in total. The van der Waals surface area contributed by atoms with Gasteiger partial charge in [0.2, 0.25) is 0 Å². The molecule has 0 aliphatic rings. The number of benzene rings is 5. The fraction of sp³-hybridized carbons (Fsp3) is 0. The predicted molar refractivity (Wildman–Crippen MR) is 189 cm³/mol. The summed E-state index contributed by atoms with van der Waals surface area (Å²) in [6, 6.07) is 50.9. The number of pyridine rings is 4. The highest BCUT2D eigenvalue weighted by molar-refractivity contribution is 6.04. The Morgan fingerprint density at radius 1 is 0.283 bits per heavy atom. The van der Waals surface area contributed by atoms with Crippen molar-refractivity contribution in [2.45, 2.75) is 0 Å². The smallest absolute Gasteiger partial charge is 0.0972 e. The fourth-order valence-corrected chi connectivity index (χ4v) is 6.40.